The van der Waals surface area contributed by atoms with Gasteiger partial charge in [0.15, 0.2) is 0 Å². The van der Waals surface area contributed by atoms with Gasteiger partial charge in [0.25, 0.3) is 0 Å². The molecule has 3 rings (SSSR count). The number of carbonyl (C=O) groups excluding carboxylic acids is 3. The number of carbonyl (C=O) groups is 3. The molecule has 2 unspecified atom stereocenters. The van der Waals surface area contributed by atoms with Crippen LogP contribution in [-0.4, -0.2) is 82.3 Å². The van der Waals surface area contributed by atoms with Gasteiger partial charge in [0.05, 0.1) is 24.5 Å². The van der Waals surface area contributed by atoms with E-state index in [1.807, 2.05) is 4.90 Å². The Kier molecular flexibility index (Phi) is 9.51. The van der Waals surface area contributed by atoms with Crippen LogP contribution in [0, 0.1) is 17.3 Å². The van der Waals surface area contributed by atoms with Crippen LogP contribution in [0.25, 0.3) is 0 Å². The molecule has 3 aliphatic rings. The molecular formula is C30H48N2O6. The number of esters is 1. The third kappa shape index (κ3) is 5.86. The Hall–Kier alpha value is -2.19. The first-order valence-corrected chi connectivity index (χ1v) is 14.1. The molecule has 1 spiro atoms. The minimum absolute atomic E-state index is 0.00858. The van der Waals surface area contributed by atoms with Gasteiger partial charge in [0.1, 0.15) is 11.6 Å². The second kappa shape index (κ2) is 11.9. The molecule has 2 bridgehead atoms. The Labute approximate surface area is 228 Å². The molecule has 3 fully saturated rings. The van der Waals surface area contributed by atoms with Gasteiger partial charge in [-0.3, -0.25) is 14.4 Å². The lowest BCUT2D eigenvalue weighted by Gasteiger charge is -2.45. The summed E-state index contributed by atoms with van der Waals surface area (Å²) >= 11 is 0. The van der Waals surface area contributed by atoms with Gasteiger partial charge in [-0.1, -0.05) is 32.9 Å². The highest BCUT2D eigenvalue weighted by atomic mass is 16.6. The number of nitrogens with zero attached hydrogens (tertiary/aromatic N) is 2. The predicted octanol–water partition coefficient (Wildman–Crippen LogP) is 3.87. The van der Waals surface area contributed by atoms with Crippen LogP contribution < -0.4 is 0 Å². The highest BCUT2D eigenvalue weighted by Crippen LogP contribution is 2.59. The Balaban J connectivity index is 1.98. The highest BCUT2D eigenvalue weighted by molar-refractivity contribution is 5.98. The summed E-state index contributed by atoms with van der Waals surface area (Å²) in [6, 6.07) is -0.832. The van der Waals surface area contributed by atoms with Crippen molar-refractivity contribution in [3.8, 4) is 0 Å². The van der Waals surface area contributed by atoms with Crippen molar-refractivity contribution in [3.63, 3.8) is 0 Å². The topological polar surface area (TPSA) is 96.4 Å². The number of ether oxygens (including phenoxy) is 2. The molecule has 0 radical (unpaired) electrons. The van der Waals surface area contributed by atoms with Crippen molar-refractivity contribution in [1.82, 2.24) is 9.80 Å². The average molecular weight is 533 g/mol. The molecule has 0 aliphatic carbocycles. The standard InChI is InChI=1S/C30H48N2O6/c1-8-10-13-19-37-27(36)22-21-14-15-30(38-21)23(22)25(34)31(17-11-12-18-33)24(30)26(35)32(16-9-2)29(6,7)20-28(3,4)5/h8-9,21-24,33H,1-2,10-20H2,3-7H3/t21-,22+,23-,24?,30?/m0/s1. The molecule has 0 aromatic rings. The van der Waals surface area contributed by atoms with Crippen molar-refractivity contribution in [3.05, 3.63) is 25.3 Å². The molecule has 3 heterocycles. The van der Waals surface area contributed by atoms with Gasteiger partial charge < -0.3 is 24.4 Å². The van der Waals surface area contributed by atoms with Crippen molar-refractivity contribution in [2.24, 2.45) is 17.3 Å². The number of amides is 2. The fourth-order valence-corrected chi connectivity index (χ4v) is 7.14. The van der Waals surface area contributed by atoms with Crippen LogP contribution in [-0.2, 0) is 23.9 Å². The first-order valence-electron chi connectivity index (χ1n) is 14.1. The molecule has 8 nitrogen and oxygen atoms in total. The Morgan fingerprint density at radius 2 is 1.89 bits per heavy atom. The maximum atomic E-state index is 14.5. The molecule has 8 heteroatoms. The van der Waals surface area contributed by atoms with Gasteiger partial charge in [-0.2, -0.15) is 0 Å². The summed E-state index contributed by atoms with van der Waals surface area (Å²) in [6.07, 6.45) is 7.47. The van der Waals surface area contributed by atoms with Gasteiger partial charge >= 0.3 is 5.97 Å². The maximum Gasteiger partial charge on any atom is 0.312 e. The van der Waals surface area contributed by atoms with E-state index >= 15 is 0 Å². The fourth-order valence-electron chi connectivity index (χ4n) is 7.14. The molecule has 38 heavy (non-hydrogen) atoms. The zero-order chi connectivity index (χ0) is 28.3. The van der Waals surface area contributed by atoms with Crippen molar-refractivity contribution in [2.45, 2.75) is 103 Å². The number of hydrogen-bond acceptors (Lipinski definition) is 6. The van der Waals surface area contributed by atoms with Crippen LogP contribution in [0.4, 0.5) is 0 Å². The van der Waals surface area contributed by atoms with Crippen LogP contribution in [0.2, 0.25) is 0 Å². The number of likely N-dealkylation sites (tertiary alicyclic amines) is 1. The molecule has 0 aromatic carbocycles. The summed E-state index contributed by atoms with van der Waals surface area (Å²) in [4.78, 5) is 45.2. The summed E-state index contributed by atoms with van der Waals surface area (Å²) in [7, 11) is 0. The molecule has 2 amide bonds. The Morgan fingerprint density at radius 1 is 1.18 bits per heavy atom. The van der Waals surface area contributed by atoms with Crippen molar-refractivity contribution < 1.29 is 29.0 Å². The van der Waals surface area contributed by atoms with Crippen LogP contribution in [0.5, 0.6) is 0 Å². The lowest BCUT2D eigenvalue weighted by atomic mass is 9.70. The summed E-state index contributed by atoms with van der Waals surface area (Å²) in [5.41, 5.74) is -1.59. The van der Waals surface area contributed by atoms with Crippen molar-refractivity contribution in [2.75, 3.05) is 26.3 Å². The smallest absolute Gasteiger partial charge is 0.312 e. The van der Waals surface area contributed by atoms with E-state index in [1.54, 1.807) is 17.1 Å². The van der Waals surface area contributed by atoms with E-state index in [2.05, 4.69) is 47.8 Å². The number of fused-ring (bicyclic) bond motifs is 1. The van der Waals surface area contributed by atoms with E-state index < -0.39 is 41.1 Å². The van der Waals surface area contributed by atoms with E-state index in [0.717, 1.165) is 12.8 Å². The SMILES string of the molecule is C=CCCCOC(=O)[C@@H]1[C@@H]2CCC3(O2)C(C(=O)N(CC=C)C(C)(C)CC(C)(C)C)N(CCCCO)C(=O)[C@H]13. The molecule has 0 aromatic heterocycles. The molecule has 5 atom stereocenters. The van der Waals surface area contributed by atoms with Crippen LogP contribution >= 0.6 is 0 Å². The zero-order valence-corrected chi connectivity index (χ0v) is 24.0. The van der Waals surface area contributed by atoms with Crippen LogP contribution in [0.1, 0.15) is 79.6 Å². The minimum Gasteiger partial charge on any atom is -0.465 e. The monoisotopic (exact) mass is 532 g/mol. The number of rotatable bonds is 14. The lowest BCUT2D eigenvalue weighted by molar-refractivity contribution is -0.156. The normalized spacial score (nSPS) is 28.4. The highest BCUT2D eigenvalue weighted by Gasteiger charge is 2.75. The third-order valence-electron chi connectivity index (χ3n) is 8.18. The third-order valence-corrected chi connectivity index (χ3v) is 8.18. The molecule has 3 aliphatic heterocycles. The molecule has 0 saturated carbocycles. The number of aliphatic hydroxyl groups excluding tert-OH is 1. The van der Waals surface area contributed by atoms with E-state index in [-0.39, 0.29) is 30.4 Å². The number of aliphatic hydroxyl groups is 1. The summed E-state index contributed by atoms with van der Waals surface area (Å²) in [5.74, 6) is -2.26. The fraction of sp³-hybridized carbons (Fsp3) is 0.767. The first-order chi connectivity index (χ1) is 17.8. The van der Waals surface area contributed by atoms with Crippen molar-refractivity contribution >= 4 is 17.8 Å². The van der Waals surface area contributed by atoms with E-state index in [1.165, 1.54) is 0 Å². The van der Waals surface area contributed by atoms with Gasteiger partial charge in [-0.15, -0.1) is 13.2 Å². The number of hydrogen-bond donors (Lipinski definition) is 1. The quantitative estimate of drug-likeness (QED) is 0.207. The molecule has 1 N–H and O–H groups in total. The maximum absolute atomic E-state index is 14.5. The second-order valence-corrected chi connectivity index (χ2v) is 12.9. The van der Waals surface area contributed by atoms with Crippen LogP contribution in [0.3, 0.4) is 0 Å². The average Bonchev–Trinajstić information content (AvgIpc) is 3.46. The number of allylic oxidation sites excluding steroid dienone is 1. The van der Waals surface area contributed by atoms with E-state index in [0.29, 0.717) is 45.2 Å². The van der Waals surface area contributed by atoms with E-state index in [4.69, 9.17) is 9.47 Å². The summed E-state index contributed by atoms with van der Waals surface area (Å²) < 4.78 is 12.1. The largest absolute Gasteiger partial charge is 0.465 e. The van der Waals surface area contributed by atoms with Gasteiger partial charge in [0, 0.05) is 25.2 Å². The first kappa shape index (κ1) is 30.4. The predicted molar refractivity (Wildman–Crippen MR) is 146 cm³/mol. The molecule has 3 saturated heterocycles. The van der Waals surface area contributed by atoms with E-state index in [9.17, 15) is 19.5 Å². The summed E-state index contributed by atoms with van der Waals surface area (Å²) in [6.45, 7) is 19.1. The van der Waals surface area contributed by atoms with Gasteiger partial charge in [-0.05, 0) is 64.2 Å². The van der Waals surface area contributed by atoms with Gasteiger partial charge in [0.2, 0.25) is 11.8 Å². The van der Waals surface area contributed by atoms with Crippen molar-refractivity contribution in [1.29, 1.82) is 0 Å². The van der Waals surface area contributed by atoms with Gasteiger partial charge in [-0.25, -0.2) is 0 Å². The molecular weight excluding hydrogens is 484 g/mol. The molecule has 214 valence electrons. The lowest BCUT2D eigenvalue weighted by Crippen LogP contribution is -2.61. The zero-order valence-electron chi connectivity index (χ0n) is 24.0. The second-order valence-electron chi connectivity index (χ2n) is 12.9. The summed E-state index contributed by atoms with van der Waals surface area (Å²) in [5, 5.41) is 9.37. The Bertz CT molecular complexity index is 909. The minimum atomic E-state index is -1.06. The van der Waals surface area contributed by atoms with Crippen LogP contribution in [0.15, 0.2) is 25.3 Å². The number of unbranched alkanes of at least 4 members (excludes halogenated alkanes) is 2. The Morgan fingerprint density at radius 3 is 2.50 bits per heavy atom.